The van der Waals surface area contributed by atoms with Gasteiger partial charge in [-0.25, -0.2) is 4.79 Å². The summed E-state index contributed by atoms with van der Waals surface area (Å²) in [7, 11) is 1.19. The number of aryl methyl sites for hydroxylation is 1. The van der Waals surface area contributed by atoms with E-state index in [0.29, 0.717) is 19.4 Å². The van der Waals surface area contributed by atoms with Crippen LogP contribution in [0.25, 0.3) is 32.7 Å². The van der Waals surface area contributed by atoms with Crippen LogP contribution in [0.3, 0.4) is 0 Å². The number of hydrogen-bond donors (Lipinski definition) is 4. The largest absolute Gasteiger partial charge is 0.468 e. The van der Waals surface area contributed by atoms with Crippen molar-refractivity contribution >= 4 is 51.3 Å². The highest BCUT2D eigenvalue weighted by molar-refractivity contribution is 6.13. The van der Waals surface area contributed by atoms with E-state index in [1.807, 2.05) is 6.92 Å². The molecular formula is C43H58N4O7. The predicted molar refractivity (Wildman–Crippen MR) is 218 cm³/mol. The van der Waals surface area contributed by atoms with Gasteiger partial charge in [0.25, 0.3) is 0 Å². The Labute approximate surface area is 320 Å². The first-order valence-electron chi connectivity index (χ1n) is 17.6. The van der Waals surface area contributed by atoms with Gasteiger partial charge in [-0.1, -0.05) is 91.9 Å². The zero-order valence-corrected chi connectivity index (χ0v) is 32.0. The predicted octanol–water partition coefficient (Wildman–Crippen LogP) is 7.39. The maximum absolute atomic E-state index is 12.3. The normalized spacial score (nSPS) is 10.8. The molecule has 4 amide bonds. The Bertz CT molecular complexity index is 1830. The number of hydrogen-bond acceptors (Lipinski definition) is 7. The minimum absolute atomic E-state index is 0. The molecule has 4 aromatic carbocycles. The van der Waals surface area contributed by atoms with Gasteiger partial charge in [0.1, 0.15) is 18.2 Å². The van der Waals surface area contributed by atoms with E-state index >= 15 is 0 Å². The van der Waals surface area contributed by atoms with Gasteiger partial charge in [0.05, 0.1) is 13.7 Å². The number of ether oxygens (including phenoxy) is 2. The lowest BCUT2D eigenvalue weighted by Gasteiger charge is -2.20. The number of methoxy groups -OCH3 is 1. The maximum atomic E-state index is 12.3. The molecule has 0 saturated carbocycles. The minimum atomic E-state index is -0.901. The summed E-state index contributed by atoms with van der Waals surface area (Å²) in [5, 5.41) is 15.1. The molecule has 0 aliphatic heterocycles. The van der Waals surface area contributed by atoms with Gasteiger partial charge in [0, 0.05) is 13.5 Å². The van der Waals surface area contributed by atoms with Crippen LogP contribution in [0.2, 0.25) is 0 Å². The summed E-state index contributed by atoms with van der Waals surface area (Å²) in [6.45, 7) is 13.7. The van der Waals surface area contributed by atoms with Crippen LogP contribution in [0.1, 0.15) is 66.9 Å². The monoisotopic (exact) mass is 742 g/mol. The highest BCUT2D eigenvalue weighted by Gasteiger charge is 2.21. The number of allylic oxidation sites excluding steroid dienone is 1. The van der Waals surface area contributed by atoms with Crippen molar-refractivity contribution in [1.29, 1.82) is 0 Å². The molecule has 54 heavy (non-hydrogen) atoms. The lowest BCUT2D eigenvalue weighted by Crippen LogP contribution is -2.50. The summed E-state index contributed by atoms with van der Waals surface area (Å²) < 4.78 is 9.57. The summed E-state index contributed by atoms with van der Waals surface area (Å²) in [5.74, 6) is -2.08. The minimum Gasteiger partial charge on any atom is -0.468 e. The lowest BCUT2D eigenvalue weighted by atomic mass is 9.93. The number of carbonyl (C=O) groups is 5. The van der Waals surface area contributed by atoms with E-state index in [1.54, 1.807) is 26.8 Å². The highest BCUT2D eigenvalue weighted by atomic mass is 16.6. The van der Waals surface area contributed by atoms with Crippen LogP contribution in [0.4, 0.5) is 4.79 Å². The Balaban J connectivity index is 0.000000509. The third kappa shape index (κ3) is 16.8. The van der Waals surface area contributed by atoms with Crippen molar-refractivity contribution in [2.75, 3.05) is 26.7 Å². The lowest BCUT2D eigenvalue weighted by molar-refractivity contribution is -0.141. The number of carbonyl (C=O) groups excluding carboxylic acids is 5. The van der Waals surface area contributed by atoms with Crippen molar-refractivity contribution in [3.63, 3.8) is 0 Å². The zero-order chi connectivity index (χ0) is 39.4. The summed E-state index contributed by atoms with van der Waals surface area (Å²) in [6, 6.07) is 27.5. The fourth-order valence-electron chi connectivity index (χ4n) is 5.08. The van der Waals surface area contributed by atoms with Crippen LogP contribution in [0.5, 0.6) is 0 Å². The number of unbranched alkanes of at least 4 members (excludes halogenated alkanes) is 1. The Morgan fingerprint density at radius 3 is 2.00 bits per heavy atom. The van der Waals surface area contributed by atoms with Crippen LogP contribution in [-0.2, 0) is 28.7 Å². The Kier molecular flexibility index (Phi) is 20.4. The molecule has 0 bridgehead atoms. The van der Waals surface area contributed by atoms with E-state index in [1.165, 1.54) is 52.3 Å². The first-order valence-corrected chi connectivity index (χ1v) is 17.6. The molecule has 0 radical (unpaired) electrons. The molecule has 1 unspecified atom stereocenters. The highest BCUT2D eigenvalue weighted by Crippen LogP contribution is 2.34. The van der Waals surface area contributed by atoms with E-state index < -0.39 is 35.5 Å². The van der Waals surface area contributed by atoms with Gasteiger partial charge in [-0.05, 0) is 92.6 Å². The second-order valence-electron chi connectivity index (χ2n) is 13.2. The maximum Gasteiger partial charge on any atom is 0.407 e. The number of fused-ring (bicyclic) bond motifs is 3. The summed E-state index contributed by atoms with van der Waals surface area (Å²) in [4.78, 5) is 57.8. The molecule has 11 heteroatoms. The fourth-order valence-corrected chi connectivity index (χ4v) is 5.08. The van der Waals surface area contributed by atoms with Gasteiger partial charge >= 0.3 is 12.1 Å². The van der Waals surface area contributed by atoms with E-state index in [-0.39, 0.29) is 32.8 Å². The van der Waals surface area contributed by atoms with E-state index in [4.69, 9.17) is 4.74 Å². The van der Waals surface area contributed by atoms with Crippen molar-refractivity contribution in [2.45, 2.75) is 79.9 Å². The van der Waals surface area contributed by atoms with Crippen molar-refractivity contribution in [2.24, 2.45) is 0 Å². The van der Waals surface area contributed by atoms with Gasteiger partial charge in [0.2, 0.25) is 17.7 Å². The fraction of sp³-hybridized carbons (Fsp3) is 0.372. The first kappa shape index (κ1) is 46.3. The summed E-state index contributed by atoms with van der Waals surface area (Å²) in [5.41, 5.74) is 3.29. The third-order valence-corrected chi connectivity index (χ3v) is 7.50. The summed E-state index contributed by atoms with van der Waals surface area (Å²) >= 11 is 0. The molecule has 0 saturated heterocycles. The number of esters is 1. The molecule has 0 heterocycles. The molecule has 0 aliphatic rings. The van der Waals surface area contributed by atoms with Gasteiger partial charge < -0.3 is 30.7 Å². The van der Waals surface area contributed by atoms with E-state index in [0.717, 1.165) is 0 Å². The van der Waals surface area contributed by atoms with Gasteiger partial charge in [-0.2, -0.15) is 0 Å². The number of amides is 4. The number of benzene rings is 4. The van der Waals surface area contributed by atoms with Crippen molar-refractivity contribution < 1.29 is 33.4 Å². The molecule has 0 aromatic heterocycles. The van der Waals surface area contributed by atoms with Crippen molar-refractivity contribution in [3.05, 3.63) is 97.1 Å². The van der Waals surface area contributed by atoms with Crippen LogP contribution < -0.4 is 21.3 Å². The third-order valence-electron chi connectivity index (χ3n) is 7.50. The number of rotatable bonds is 12. The molecule has 0 spiro atoms. The number of alkyl carbamates (subject to hydrolysis) is 1. The SMILES string of the molecule is C.C=CC.COC(=O)CNC(=O)C(CCCCNC(=O)OC(C)(C)C)NC(=O)CNC(C)=O.Cc1ccc(-c2cc3ccccc3c3ccccc23)cc1. The first-order chi connectivity index (χ1) is 25.2. The molecular weight excluding hydrogens is 684 g/mol. The van der Waals surface area contributed by atoms with E-state index in [9.17, 15) is 24.0 Å². The van der Waals surface area contributed by atoms with Crippen LogP contribution in [-0.4, -0.2) is 68.2 Å². The second-order valence-corrected chi connectivity index (χ2v) is 13.2. The molecule has 0 aliphatic carbocycles. The molecule has 4 N–H and O–H groups in total. The molecule has 0 fully saturated rings. The molecule has 11 nitrogen and oxygen atoms in total. The number of nitrogens with one attached hydrogen (secondary N) is 4. The van der Waals surface area contributed by atoms with Crippen LogP contribution >= 0.6 is 0 Å². The van der Waals surface area contributed by atoms with Crippen molar-refractivity contribution in [3.8, 4) is 11.1 Å². The van der Waals surface area contributed by atoms with Crippen molar-refractivity contribution in [1.82, 2.24) is 21.3 Å². The van der Waals surface area contributed by atoms with Gasteiger partial charge in [-0.15, -0.1) is 6.58 Å². The molecule has 4 aromatic rings. The Hall–Kier alpha value is -5.71. The van der Waals surface area contributed by atoms with Gasteiger partial charge in [-0.3, -0.25) is 19.2 Å². The topological polar surface area (TPSA) is 152 Å². The Morgan fingerprint density at radius 1 is 0.815 bits per heavy atom. The molecule has 1 atom stereocenters. The summed E-state index contributed by atoms with van der Waals surface area (Å²) in [6.07, 6.45) is 2.54. The van der Waals surface area contributed by atoms with Crippen LogP contribution in [0.15, 0.2) is 91.5 Å². The average Bonchev–Trinajstić information content (AvgIpc) is 3.12. The smallest absolute Gasteiger partial charge is 0.407 e. The quantitative estimate of drug-likeness (QED) is 0.0512. The molecule has 292 valence electrons. The zero-order valence-electron chi connectivity index (χ0n) is 32.0. The molecule has 4 rings (SSSR count). The standard InChI is InChI=1S/C21H16.C18H32N4O7.C3H6.CH4/c1-15-10-12-16(13-11-15)21-14-17-6-2-3-7-18(17)19-8-4-5-9-20(19)21;1-12(23)20-10-14(24)22-13(16(26)21-11-15(25)28-5)8-6-7-9-19-17(27)29-18(2,3)4;1-3-2;/h2-14H,1H3;13H,6-11H2,1-5H3,(H,19,27)(H,20,23)(H,21,26)(H,22,24);3H,1H2,2H3;1H4. The average molecular weight is 743 g/mol. The Morgan fingerprint density at radius 2 is 1.41 bits per heavy atom. The van der Waals surface area contributed by atoms with E-state index in [2.05, 4.69) is 118 Å². The van der Waals surface area contributed by atoms with Gasteiger partial charge in [0.15, 0.2) is 0 Å². The second kappa shape index (κ2) is 23.8. The van der Waals surface area contributed by atoms with Crippen LogP contribution in [0, 0.1) is 6.92 Å².